The molecule has 4 N–H and O–H groups in total. The summed E-state index contributed by atoms with van der Waals surface area (Å²) in [5.41, 5.74) is -4.65. The molecule has 0 atom stereocenters. The summed E-state index contributed by atoms with van der Waals surface area (Å²) in [5.74, 6) is -2.16. The van der Waals surface area contributed by atoms with E-state index in [0.29, 0.717) is 35.6 Å². The number of aryl methyl sites for hydroxylation is 2. The van der Waals surface area contributed by atoms with Crippen LogP contribution in [0.2, 0.25) is 0 Å². The first-order valence-corrected chi connectivity index (χ1v) is 12.3. The van der Waals surface area contributed by atoms with Crippen LogP contribution in [0.3, 0.4) is 0 Å². The van der Waals surface area contributed by atoms with Gasteiger partial charge in [0.2, 0.25) is 0 Å². The second-order valence-electron chi connectivity index (χ2n) is 9.43. The molecule has 4 rings (SSSR count). The quantitative estimate of drug-likeness (QED) is 0.0992. The van der Waals surface area contributed by atoms with Gasteiger partial charge < -0.3 is 25.6 Å². The molecule has 0 heterocycles. The first kappa shape index (κ1) is 30.1. The fourth-order valence-electron chi connectivity index (χ4n) is 4.22. The maximum Gasteiger partial charge on any atom is 0.417 e. The molecule has 0 aliphatic heterocycles. The Morgan fingerprint density at radius 1 is 0.738 bits per heavy atom. The Kier molecular flexibility index (Phi) is 8.28. The maximum atomic E-state index is 14.2. The molecule has 0 fully saturated rings. The van der Waals surface area contributed by atoms with Crippen LogP contribution >= 0.6 is 0 Å². The largest absolute Gasteiger partial charge is 0.506 e. The third-order valence-electron chi connectivity index (χ3n) is 6.19. The average molecular weight is 591 g/mol. The van der Waals surface area contributed by atoms with Crippen molar-refractivity contribution in [1.29, 1.82) is 0 Å². The SMILES string of the molecule is Cc1cccc(OCNc2cc(C(F)(F)F)c(-c3cc(O)c(NC(=O)c4cccc(C)c4)cc3C(F)(F)F)cc2O)c1. The summed E-state index contributed by atoms with van der Waals surface area (Å²) in [7, 11) is 0. The van der Waals surface area contributed by atoms with Crippen molar-refractivity contribution in [3.05, 3.63) is 101 Å². The molecule has 0 radical (unpaired) electrons. The van der Waals surface area contributed by atoms with Crippen LogP contribution in [0.4, 0.5) is 37.7 Å². The van der Waals surface area contributed by atoms with Crippen LogP contribution in [0.25, 0.3) is 11.1 Å². The Labute approximate surface area is 236 Å². The zero-order valence-corrected chi connectivity index (χ0v) is 22.1. The van der Waals surface area contributed by atoms with Gasteiger partial charge in [-0.05, 0) is 79.1 Å². The number of phenolic OH excluding ortho intramolecular Hbond substituents is 2. The van der Waals surface area contributed by atoms with Crippen LogP contribution < -0.4 is 15.4 Å². The smallest absolute Gasteiger partial charge is 0.417 e. The summed E-state index contributed by atoms with van der Waals surface area (Å²) in [6, 6.07) is 14.7. The number of ether oxygens (including phenoxy) is 1. The average Bonchev–Trinajstić information content (AvgIpc) is 2.89. The van der Waals surface area contributed by atoms with E-state index in [1.807, 2.05) is 0 Å². The zero-order valence-electron chi connectivity index (χ0n) is 22.1. The predicted molar refractivity (Wildman–Crippen MR) is 145 cm³/mol. The Morgan fingerprint density at radius 3 is 1.81 bits per heavy atom. The van der Waals surface area contributed by atoms with E-state index in [1.54, 1.807) is 50.2 Å². The normalized spacial score (nSPS) is 11.7. The lowest BCUT2D eigenvalue weighted by Crippen LogP contribution is -2.16. The van der Waals surface area contributed by atoms with E-state index in [4.69, 9.17) is 4.74 Å². The number of alkyl halides is 6. The van der Waals surface area contributed by atoms with Crippen molar-refractivity contribution in [3.63, 3.8) is 0 Å². The van der Waals surface area contributed by atoms with Gasteiger partial charge in [-0.1, -0.05) is 29.8 Å². The molecule has 0 saturated carbocycles. The van der Waals surface area contributed by atoms with Gasteiger partial charge in [0, 0.05) is 5.56 Å². The van der Waals surface area contributed by atoms with Crippen LogP contribution in [0.5, 0.6) is 17.2 Å². The number of carbonyl (C=O) groups is 1. The summed E-state index contributed by atoms with van der Waals surface area (Å²) < 4.78 is 90.3. The van der Waals surface area contributed by atoms with Crippen molar-refractivity contribution in [2.24, 2.45) is 0 Å². The van der Waals surface area contributed by atoms with Crippen LogP contribution in [0, 0.1) is 13.8 Å². The predicted octanol–water partition coefficient (Wildman–Crippen LogP) is 8.12. The summed E-state index contributed by atoms with van der Waals surface area (Å²) in [5, 5.41) is 25.6. The summed E-state index contributed by atoms with van der Waals surface area (Å²) in [6.07, 6.45) is -10.4. The molecule has 4 aromatic carbocycles. The number of halogens is 6. The highest BCUT2D eigenvalue weighted by Crippen LogP contribution is 2.48. The van der Waals surface area contributed by atoms with Crippen LogP contribution in [-0.2, 0) is 12.4 Å². The minimum atomic E-state index is -5.21. The monoisotopic (exact) mass is 590 g/mol. The molecule has 4 aromatic rings. The molecule has 42 heavy (non-hydrogen) atoms. The Bertz CT molecular complexity index is 1630. The Morgan fingerprint density at radius 2 is 1.26 bits per heavy atom. The number of nitrogens with one attached hydrogen (secondary N) is 2. The fraction of sp³-hybridized carbons (Fsp3) is 0.167. The zero-order chi connectivity index (χ0) is 30.8. The highest BCUT2D eigenvalue weighted by atomic mass is 19.4. The molecule has 220 valence electrons. The van der Waals surface area contributed by atoms with E-state index < -0.39 is 63.4 Å². The Hall–Kier alpha value is -4.87. The van der Waals surface area contributed by atoms with Gasteiger partial charge in [-0.3, -0.25) is 4.79 Å². The molecule has 6 nitrogen and oxygen atoms in total. The third kappa shape index (κ3) is 6.88. The Balaban J connectivity index is 1.73. The van der Waals surface area contributed by atoms with Gasteiger partial charge in [0.15, 0.2) is 6.73 Å². The number of amides is 1. The highest BCUT2D eigenvalue weighted by molar-refractivity contribution is 6.05. The van der Waals surface area contributed by atoms with Gasteiger partial charge in [-0.25, -0.2) is 0 Å². The molecular formula is C30H24F6N2O4. The van der Waals surface area contributed by atoms with Crippen molar-refractivity contribution < 1.29 is 46.1 Å². The lowest BCUT2D eigenvalue weighted by atomic mass is 9.92. The molecule has 1 amide bonds. The van der Waals surface area contributed by atoms with Crippen molar-refractivity contribution in [1.82, 2.24) is 0 Å². The van der Waals surface area contributed by atoms with E-state index in [9.17, 15) is 41.4 Å². The van der Waals surface area contributed by atoms with E-state index >= 15 is 0 Å². The van der Waals surface area contributed by atoms with Crippen molar-refractivity contribution in [2.75, 3.05) is 17.4 Å². The molecular weight excluding hydrogens is 566 g/mol. The number of rotatable bonds is 7. The van der Waals surface area contributed by atoms with E-state index in [0.717, 1.165) is 5.56 Å². The topological polar surface area (TPSA) is 90.8 Å². The lowest BCUT2D eigenvalue weighted by Gasteiger charge is -2.21. The minimum absolute atomic E-state index is 0.0887. The molecule has 0 bridgehead atoms. The molecule has 12 heteroatoms. The number of carbonyl (C=O) groups excluding carboxylic acids is 1. The van der Waals surface area contributed by atoms with E-state index in [-0.39, 0.29) is 12.3 Å². The summed E-state index contributed by atoms with van der Waals surface area (Å²) in [4.78, 5) is 12.6. The second-order valence-corrected chi connectivity index (χ2v) is 9.43. The van der Waals surface area contributed by atoms with Crippen molar-refractivity contribution in [3.8, 4) is 28.4 Å². The number of phenols is 2. The number of benzene rings is 4. The van der Waals surface area contributed by atoms with Crippen molar-refractivity contribution >= 4 is 17.3 Å². The van der Waals surface area contributed by atoms with Crippen LogP contribution in [0.15, 0.2) is 72.8 Å². The van der Waals surface area contributed by atoms with Gasteiger partial charge in [-0.2, -0.15) is 26.3 Å². The maximum absolute atomic E-state index is 14.2. The van der Waals surface area contributed by atoms with Crippen LogP contribution in [0.1, 0.15) is 32.6 Å². The molecule has 0 spiro atoms. The first-order valence-electron chi connectivity index (χ1n) is 12.3. The second kappa shape index (κ2) is 11.6. The fourth-order valence-corrected chi connectivity index (χ4v) is 4.22. The summed E-state index contributed by atoms with van der Waals surface area (Å²) >= 11 is 0. The molecule has 0 aliphatic carbocycles. The van der Waals surface area contributed by atoms with Gasteiger partial charge in [0.25, 0.3) is 5.91 Å². The number of hydrogen-bond acceptors (Lipinski definition) is 5. The molecule has 0 aromatic heterocycles. The standard InChI is InChI=1S/C30H24F6N2O4/c1-16-5-3-7-18(9-16)28(41)38-25-14-23(30(34,35)36)21(12-27(25)40)20-11-26(39)24(13-22(20)29(31,32)33)37-15-42-19-8-4-6-17(2)10-19/h3-14,37,39-40H,15H2,1-2H3,(H,38,41). The van der Waals surface area contributed by atoms with Gasteiger partial charge >= 0.3 is 12.4 Å². The molecule has 0 saturated heterocycles. The van der Waals surface area contributed by atoms with Gasteiger partial charge in [-0.15, -0.1) is 0 Å². The lowest BCUT2D eigenvalue weighted by molar-refractivity contribution is -0.139. The van der Waals surface area contributed by atoms with E-state index in [1.165, 1.54) is 12.1 Å². The van der Waals surface area contributed by atoms with Gasteiger partial charge in [0.1, 0.15) is 17.2 Å². The van der Waals surface area contributed by atoms with Crippen molar-refractivity contribution in [2.45, 2.75) is 26.2 Å². The number of anilines is 2. The minimum Gasteiger partial charge on any atom is -0.506 e. The third-order valence-corrected chi connectivity index (χ3v) is 6.19. The summed E-state index contributed by atoms with van der Waals surface area (Å²) in [6.45, 7) is 3.13. The number of hydrogen-bond donors (Lipinski definition) is 4. The van der Waals surface area contributed by atoms with Crippen LogP contribution in [-0.4, -0.2) is 22.9 Å². The molecule has 0 aliphatic rings. The highest BCUT2D eigenvalue weighted by Gasteiger charge is 2.40. The van der Waals surface area contributed by atoms with E-state index in [2.05, 4.69) is 10.6 Å². The number of aromatic hydroxyl groups is 2. The molecule has 0 unspecified atom stereocenters. The van der Waals surface area contributed by atoms with Gasteiger partial charge in [0.05, 0.1) is 22.5 Å². The first-order chi connectivity index (χ1) is 19.6.